The molecule has 1 heterocycles. The topological polar surface area (TPSA) is 91.0 Å². The quantitative estimate of drug-likeness (QED) is 0.616. The Morgan fingerprint density at radius 2 is 1.91 bits per heavy atom. The predicted octanol–water partition coefficient (Wildman–Crippen LogP) is 3.66. The van der Waals surface area contributed by atoms with E-state index in [1.54, 1.807) is 6.92 Å². The van der Waals surface area contributed by atoms with Crippen LogP contribution in [0.2, 0.25) is 5.02 Å². The van der Waals surface area contributed by atoms with Crippen LogP contribution in [0, 0.1) is 17.0 Å². The van der Waals surface area contributed by atoms with Crippen molar-refractivity contribution < 1.29 is 9.66 Å². The molecule has 0 amide bonds. The standard InChI is InChI=1S/C14H15ClN4O3/c1-4-10-11(5-2)17-18-14(16-10)22-13-7-12(19(20)21)9(15)6-8(13)3/h6-7H,4-5H2,1-3H3. The number of ether oxygens (including phenoxy) is 1. The average Bonchev–Trinajstić information content (AvgIpc) is 2.49. The van der Waals surface area contributed by atoms with Gasteiger partial charge in [0.25, 0.3) is 5.69 Å². The van der Waals surface area contributed by atoms with E-state index in [0.29, 0.717) is 12.0 Å². The third-order valence-corrected chi connectivity index (χ3v) is 3.43. The summed E-state index contributed by atoms with van der Waals surface area (Å²) in [7, 11) is 0. The molecule has 1 aromatic carbocycles. The maximum Gasteiger partial charge on any atom is 0.341 e. The summed E-state index contributed by atoms with van der Waals surface area (Å²) in [6, 6.07) is 2.80. The van der Waals surface area contributed by atoms with E-state index in [9.17, 15) is 10.1 Å². The minimum Gasteiger partial charge on any atom is -0.423 e. The van der Waals surface area contributed by atoms with E-state index in [1.165, 1.54) is 12.1 Å². The van der Waals surface area contributed by atoms with E-state index in [2.05, 4.69) is 15.2 Å². The highest BCUT2D eigenvalue weighted by molar-refractivity contribution is 6.32. The molecule has 2 rings (SSSR count). The van der Waals surface area contributed by atoms with Crippen LogP contribution in [0.5, 0.6) is 11.8 Å². The van der Waals surface area contributed by atoms with Crippen LogP contribution in [-0.4, -0.2) is 20.1 Å². The lowest BCUT2D eigenvalue weighted by Crippen LogP contribution is -2.05. The smallest absolute Gasteiger partial charge is 0.341 e. The summed E-state index contributed by atoms with van der Waals surface area (Å²) >= 11 is 5.85. The number of nitro benzene ring substituents is 1. The van der Waals surface area contributed by atoms with Crippen molar-refractivity contribution in [2.75, 3.05) is 0 Å². The van der Waals surface area contributed by atoms with E-state index < -0.39 is 4.92 Å². The van der Waals surface area contributed by atoms with Gasteiger partial charge in [-0.2, -0.15) is 4.98 Å². The highest BCUT2D eigenvalue weighted by Crippen LogP contribution is 2.33. The molecule has 0 atom stereocenters. The first-order valence-electron chi connectivity index (χ1n) is 6.81. The number of nitro groups is 1. The molecule has 0 saturated carbocycles. The molecule has 116 valence electrons. The first-order chi connectivity index (χ1) is 10.5. The van der Waals surface area contributed by atoms with Gasteiger partial charge in [-0.1, -0.05) is 30.5 Å². The van der Waals surface area contributed by atoms with Crippen LogP contribution < -0.4 is 4.74 Å². The van der Waals surface area contributed by atoms with E-state index in [0.717, 1.165) is 17.8 Å². The molecule has 22 heavy (non-hydrogen) atoms. The van der Waals surface area contributed by atoms with Gasteiger partial charge in [-0.05, 0) is 31.4 Å². The van der Waals surface area contributed by atoms with E-state index in [-0.39, 0.29) is 22.5 Å². The van der Waals surface area contributed by atoms with Gasteiger partial charge in [-0.25, -0.2) is 0 Å². The summed E-state index contributed by atoms with van der Waals surface area (Å²) < 4.78 is 5.55. The van der Waals surface area contributed by atoms with Crippen molar-refractivity contribution in [1.82, 2.24) is 15.2 Å². The Labute approximate surface area is 132 Å². The van der Waals surface area contributed by atoms with Crippen molar-refractivity contribution in [2.24, 2.45) is 0 Å². The normalized spacial score (nSPS) is 10.5. The minimum atomic E-state index is -0.564. The number of halogens is 1. The lowest BCUT2D eigenvalue weighted by Gasteiger charge is -2.09. The fourth-order valence-corrected chi connectivity index (χ4v) is 2.24. The first kappa shape index (κ1) is 16.1. The Morgan fingerprint density at radius 1 is 1.23 bits per heavy atom. The summed E-state index contributed by atoms with van der Waals surface area (Å²) in [6.45, 7) is 5.67. The minimum absolute atomic E-state index is 0.0597. The molecule has 0 spiro atoms. The number of rotatable bonds is 5. The fraction of sp³-hybridized carbons (Fsp3) is 0.357. The van der Waals surface area contributed by atoms with Crippen LogP contribution in [-0.2, 0) is 12.8 Å². The summed E-state index contributed by atoms with van der Waals surface area (Å²) in [5.41, 5.74) is 2.04. The molecule has 1 aromatic heterocycles. The molecule has 0 bridgehead atoms. The Bertz CT molecular complexity index is 721. The largest absolute Gasteiger partial charge is 0.423 e. The maximum absolute atomic E-state index is 10.9. The van der Waals surface area contributed by atoms with Gasteiger partial charge in [-0.15, -0.1) is 5.10 Å². The second-order valence-electron chi connectivity index (χ2n) is 4.62. The van der Waals surface area contributed by atoms with E-state index >= 15 is 0 Å². The monoisotopic (exact) mass is 322 g/mol. The number of hydrogen-bond acceptors (Lipinski definition) is 6. The second kappa shape index (κ2) is 6.65. The van der Waals surface area contributed by atoms with Gasteiger partial charge in [0.15, 0.2) is 0 Å². The van der Waals surface area contributed by atoms with Gasteiger partial charge in [0.2, 0.25) is 0 Å². The number of hydrogen-bond donors (Lipinski definition) is 0. The molecule has 0 saturated heterocycles. The van der Waals surface area contributed by atoms with Crippen LogP contribution in [0.3, 0.4) is 0 Å². The molecule has 2 aromatic rings. The Balaban J connectivity index is 2.38. The average molecular weight is 323 g/mol. The highest BCUT2D eigenvalue weighted by Gasteiger charge is 2.17. The van der Waals surface area contributed by atoms with Gasteiger partial charge in [-0.3, -0.25) is 10.1 Å². The molecule has 0 aliphatic carbocycles. The second-order valence-corrected chi connectivity index (χ2v) is 5.03. The number of aromatic nitrogens is 3. The fourth-order valence-electron chi connectivity index (χ4n) is 1.95. The zero-order valence-corrected chi connectivity index (χ0v) is 13.2. The van der Waals surface area contributed by atoms with Gasteiger partial charge < -0.3 is 4.74 Å². The van der Waals surface area contributed by atoms with Gasteiger partial charge >= 0.3 is 6.01 Å². The van der Waals surface area contributed by atoms with Crippen LogP contribution in [0.4, 0.5) is 5.69 Å². The third kappa shape index (κ3) is 3.30. The summed E-state index contributed by atoms with van der Waals surface area (Å²) in [5, 5.41) is 19.0. The number of aryl methyl sites for hydroxylation is 3. The lowest BCUT2D eigenvalue weighted by atomic mass is 10.2. The van der Waals surface area contributed by atoms with Crippen LogP contribution in [0.15, 0.2) is 12.1 Å². The summed E-state index contributed by atoms with van der Waals surface area (Å²) in [4.78, 5) is 14.7. The Morgan fingerprint density at radius 3 is 2.50 bits per heavy atom. The van der Waals surface area contributed by atoms with Crippen molar-refractivity contribution in [2.45, 2.75) is 33.6 Å². The molecule has 0 aliphatic rings. The highest BCUT2D eigenvalue weighted by atomic mass is 35.5. The van der Waals surface area contributed by atoms with Crippen molar-refractivity contribution in [3.8, 4) is 11.8 Å². The van der Waals surface area contributed by atoms with Crippen molar-refractivity contribution >= 4 is 17.3 Å². The van der Waals surface area contributed by atoms with Gasteiger partial charge in [0, 0.05) is 0 Å². The first-order valence-corrected chi connectivity index (χ1v) is 7.18. The molecule has 0 radical (unpaired) electrons. The lowest BCUT2D eigenvalue weighted by molar-refractivity contribution is -0.384. The summed E-state index contributed by atoms with van der Waals surface area (Å²) in [6.07, 6.45) is 1.43. The molecule has 0 unspecified atom stereocenters. The molecular formula is C14H15ClN4O3. The zero-order valence-electron chi connectivity index (χ0n) is 12.5. The third-order valence-electron chi connectivity index (χ3n) is 3.13. The maximum atomic E-state index is 10.9. The van der Waals surface area contributed by atoms with Crippen LogP contribution >= 0.6 is 11.6 Å². The number of benzene rings is 1. The molecule has 7 nitrogen and oxygen atoms in total. The molecule has 0 aliphatic heterocycles. The Kier molecular flexibility index (Phi) is 4.87. The predicted molar refractivity (Wildman–Crippen MR) is 81.5 cm³/mol. The SMILES string of the molecule is CCc1nnc(Oc2cc([N+](=O)[O-])c(Cl)cc2C)nc1CC. The molecule has 0 N–H and O–H groups in total. The van der Waals surface area contributed by atoms with Gasteiger partial charge in [0.05, 0.1) is 22.4 Å². The summed E-state index contributed by atoms with van der Waals surface area (Å²) in [5.74, 6) is 0.282. The van der Waals surface area contributed by atoms with Gasteiger partial charge in [0.1, 0.15) is 10.8 Å². The van der Waals surface area contributed by atoms with Crippen molar-refractivity contribution in [3.63, 3.8) is 0 Å². The van der Waals surface area contributed by atoms with Crippen LogP contribution in [0.25, 0.3) is 0 Å². The Hall–Kier alpha value is -2.28. The molecule has 0 fully saturated rings. The van der Waals surface area contributed by atoms with Crippen LogP contribution in [0.1, 0.15) is 30.8 Å². The van der Waals surface area contributed by atoms with Crippen molar-refractivity contribution in [3.05, 3.63) is 44.2 Å². The zero-order chi connectivity index (χ0) is 16.3. The van der Waals surface area contributed by atoms with E-state index in [4.69, 9.17) is 16.3 Å². The van der Waals surface area contributed by atoms with Crippen molar-refractivity contribution in [1.29, 1.82) is 0 Å². The molecular weight excluding hydrogens is 308 g/mol. The molecule has 8 heteroatoms. The van der Waals surface area contributed by atoms with E-state index in [1.807, 2.05) is 13.8 Å². The number of nitrogens with zero attached hydrogens (tertiary/aromatic N) is 4.